The fourth-order valence-corrected chi connectivity index (χ4v) is 4.47. The average Bonchev–Trinajstić information content (AvgIpc) is 2.86. The molecule has 2 heterocycles. The number of anilines is 1. The molecule has 186 valence electrons. The van der Waals surface area contributed by atoms with Gasteiger partial charge in [-0.15, -0.1) is 0 Å². The summed E-state index contributed by atoms with van der Waals surface area (Å²) >= 11 is 0. The Morgan fingerprint density at radius 3 is 2.63 bits per heavy atom. The van der Waals surface area contributed by atoms with Crippen LogP contribution in [0.3, 0.4) is 0 Å². The molecule has 3 amide bonds. The lowest BCUT2D eigenvalue weighted by Crippen LogP contribution is -2.53. The van der Waals surface area contributed by atoms with E-state index in [4.69, 9.17) is 9.47 Å². The molecule has 2 aromatic rings. The van der Waals surface area contributed by atoms with Crippen LogP contribution < -0.4 is 15.4 Å². The molecule has 0 bridgehead atoms. The Morgan fingerprint density at radius 1 is 1.11 bits per heavy atom. The summed E-state index contributed by atoms with van der Waals surface area (Å²) in [4.78, 5) is 39.6. The van der Waals surface area contributed by atoms with Crippen LogP contribution in [0.2, 0.25) is 0 Å². The molecule has 8 heteroatoms. The third-order valence-corrected chi connectivity index (χ3v) is 6.55. The minimum absolute atomic E-state index is 0.0604. The van der Waals surface area contributed by atoms with Gasteiger partial charge < -0.3 is 25.0 Å². The van der Waals surface area contributed by atoms with Gasteiger partial charge in [0.25, 0.3) is 5.91 Å². The Hall–Kier alpha value is -3.39. The quantitative estimate of drug-likeness (QED) is 0.662. The highest BCUT2D eigenvalue weighted by Gasteiger charge is 2.39. The monoisotopic (exact) mass is 479 g/mol. The molecule has 2 aliphatic heterocycles. The van der Waals surface area contributed by atoms with E-state index in [9.17, 15) is 14.4 Å². The van der Waals surface area contributed by atoms with E-state index in [2.05, 4.69) is 10.6 Å². The molecule has 35 heavy (non-hydrogen) atoms. The molecule has 8 nitrogen and oxygen atoms in total. The Kier molecular flexibility index (Phi) is 7.70. The Labute approximate surface area is 206 Å². The predicted molar refractivity (Wildman–Crippen MR) is 132 cm³/mol. The largest absolute Gasteiger partial charge is 0.490 e. The maximum atomic E-state index is 13.3. The Morgan fingerprint density at radius 2 is 1.89 bits per heavy atom. The number of benzene rings is 2. The van der Waals surface area contributed by atoms with Crippen molar-refractivity contribution in [3.8, 4) is 5.75 Å². The summed E-state index contributed by atoms with van der Waals surface area (Å²) < 4.78 is 12.2. The summed E-state index contributed by atoms with van der Waals surface area (Å²) in [7, 11) is 1.77. The maximum Gasteiger partial charge on any atom is 0.257 e. The highest BCUT2D eigenvalue weighted by Crippen LogP contribution is 2.32. The summed E-state index contributed by atoms with van der Waals surface area (Å²) in [6.07, 6.45) is 1.09. The topological polar surface area (TPSA) is 97.0 Å². The van der Waals surface area contributed by atoms with Gasteiger partial charge >= 0.3 is 0 Å². The van der Waals surface area contributed by atoms with Crippen LogP contribution in [-0.2, 0) is 20.9 Å². The number of hydrogen-bond acceptors (Lipinski definition) is 5. The van der Waals surface area contributed by atoms with Crippen molar-refractivity contribution in [1.82, 2.24) is 10.2 Å². The highest BCUT2D eigenvalue weighted by molar-refractivity contribution is 6.00. The van der Waals surface area contributed by atoms with Crippen LogP contribution in [0.1, 0.15) is 49.0 Å². The lowest BCUT2D eigenvalue weighted by atomic mass is 9.94. The van der Waals surface area contributed by atoms with Crippen molar-refractivity contribution in [1.29, 1.82) is 0 Å². The second-order valence-corrected chi connectivity index (χ2v) is 9.49. The number of nitrogens with one attached hydrogen (secondary N) is 2. The number of carbonyl (C=O) groups is 3. The van der Waals surface area contributed by atoms with Crippen LogP contribution >= 0.6 is 0 Å². The molecular formula is C27H33N3O5. The van der Waals surface area contributed by atoms with Gasteiger partial charge in [0.05, 0.1) is 24.1 Å². The number of fused-ring (bicyclic) bond motifs is 2. The van der Waals surface area contributed by atoms with E-state index in [1.807, 2.05) is 44.2 Å². The first-order valence-electron chi connectivity index (χ1n) is 12.1. The van der Waals surface area contributed by atoms with Crippen LogP contribution in [0.25, 0.3) is 0 Å². The smallest absolute Gasteiger partial charge is 0.257 e. The number of nitrogens with zero attached hydrogens (tertiary/aromatic N) is 1. The molecule has 3 atom stereocenters. The highest BCUT2D eigenvalue weighted by atomic mass is 16.5. The van der Waals surface area contributed by atoms with Gasteiger partial charge in [0.2, 0.25) is 11.8 Å². The normalized spacial score (nSPS) is 21.8. The average molecular weight is 480 g/mol. The molecule has 1 saturated heterocycles. The van der Waals surface area contributed by atoms with Crippen molar-refractivity contribution in [3.63, 3.8) is 0 Å². The van der Waals surface area contributed by atoms with Gasteiger partial charge in [-0.05, 0) is 36.6 Å². The summed E-state index contributed by atoms with van der Waals surface area (Å²) in [5, 5.41) is 5.79. The first kappa shape index (κ1) is 24.7. The second kappa shape index (κ2) is 10.9. The molecule has 0 aliphatic carbocycles. The third kappa shape index (κ3) is 6.00. The second-order valence-electron chi connectivity index (χ2n) is 9.49. The van der Waals surface area contributed by atoms with E-state index in [0.717, 1.165) is 5.56 Å². The summed E-state index contributed by atoms with van der Waals surface area (Å²) in [6, 6.07) is 14.7. The standard InChI is InChI=1S/C27H33N3O5/c1-17(2)26(32)29-19-9-12-23-21(13-19)27(33)30(3)22-11-10-20(35-24(22)16-34-23)14-25(31)28-15-18-7-5-4-6-8-18/h4-9,12-13,17,20,22,24H,10-11,14-16H2,1-3H3,(H,28,31)(H,29,32)/t20-,22+,24+/m1/s1. The zero-order valence-electron chi connectivity index (χ0n) is 20.5. The number of amides is 3. The van der Waals surface area contributed by atoms with Crippen molar-refractivity contribution >= 4 is 23.4 Å². The molecule has 0 unspecified atom stereocenters. The van der Waals surface area contributed by atoms with E-state index < -0.39 is 0 Å². The zero-order valence-corrected chi connectivity index (χ0v) is 20.5. The molecule has 0 radical (unpaired) electrons. The van der Waals surface area contributed by atoms with Crippen LogP contribution in [0.5, 0.6) is 5.75 Å². The van der Waals surface area contributed by atoms with Gasteiger partial charge in [-0.1, -0.05) is 44.2 Å². The van der Waals surface area contributed by atoms with Gasteiger partial charge in [0.15, 0.2) is 0 Å². The number of ether oxygens (including phenoxy) is 2. The molecule has 0 spiro atoms. The van der Waals surface area contributed by atoms with E-state index in [0.29, 0.717) is 36.4 Å². The fourth-order valence-electron chi connectivity index (χ4n) is 4.47. The van der Waals surface area contributed by atoms with Gasteiger partial charge in [-0.2, -0.15) is 0 Å². The molecule has 2 aromatic carbocycles. The van der Waals surface area contributed by atoms with E-state index in [-0.39, 0.29) is 54.9 Å². The van der Waals surface area contributed by atoms with Crippen molar-refractivity contribution in [2.24, 2.45) is 5.92 Å². The van der Waals surface area contributed by atoms with E-state index in [1.165, 1.54) is 0 Å². The molecular weight excluding hydrogens is 446 g/mol. The Bertz CT molecular complexity index is 1070. The minimum atomic E-state index is -0.335. The van der Waals surface area contributed by atoms with Gasteiger partial charge in [-0.3, -0.25) is 14.4 Å². The van der Waals surface area contributed by atoms with Crippen LogP contribution in [0.15, 0.2) is 48.5 Å². The van der Waals surface area contributed by atoms with Crippen LogP contribution in [0.4, 0.5) is 5.69 Å². The summed E-state index contributed by atoms with van der Waals surface area (Å²) in [5.74, 6) is -0.0701. The number of likely N-dealkylation sites (N-methyl/N-ethyl adjacent to an activating group) is 1. The van der Waals surface area contributed by atoms with E-state index in [1.54, 1.807) is 30.1 Å². The first-order chi connectivity index (χ1) is 16.8. The van der Waals surface area contributed by atoms with Crippen molar-refractivity contribution < 1.29 is 23.9 Å². The van der Waals surface area contributed by atoms with Gasteiger partial charge in [0.1, 0.15) is 18.5 Å². The number of carbonyl (C=O) groups excluding carboxylic acids is 3. The van der Waals surface area contributed by atoms with Crippen molar-refractivity contribution in [2.45, 2.75) is 57.9 Å². The molecule has 4 rings (SSSR count). The van der Waals surface area contributed by atoms with Gasteiger partial charge in [-0.25, -0.2) is 0 Å². The fraction of sp³-hybridized carbons (Fsp3) is 0.444. The minimum Gasteiger partial charge on any atom is -0.490 e. The van der Waals surface area contributed by atoms with Gasteiger partial charge in [0, 0.05) is 25.2 Å². The van der Waals surface area contributed by atoms with Crippen molar-refractivity contribution in [3.05, 3.63) is 59.7 Å². The third-order valence-electron chi connectivity index (χ3n) is 6.55. The summed E-state index contributed by atoms with van der Waals surface area (Å²) in [5.41, 5.74) is 2.02. The zero-order chi connectivity index (χ0) is 24.9. The number of rotatable bonds is 6. The Balaban J connectivity index is 1.39. The lowest BCUT2D eigenvalue weighted by molar-refractivity contribution is -0.134. The molecule has 0 saturated carbocycles. The van der Waals surface area contributed by atoms with Crippen molar-refractivity contribution in [2.75, 3.05) is 19.0 Å². The lowest BCUT2D eigenvalue weighted by Gasteiger charge is -2.42. The summed E-state index contributed by atoms with van der Waals surface area (Å²) in [6.45, 7) is 4.38. The molecule has 2 aliphatic rings. The van der Waals surface area contributed by atoms with Crippen LogP contribution in [0, 0.1) is 5.92 Å². The SMILES string of the molecule is CC(C)C(=O)Nc1ccc2c(c1)C(=O)N(C)[C@H]1CC[C@H](CC(=O)NCc3ccccc3)O[C@H]1CO2. The predicted octanol–water partition coefficient (Wildman–Crippen LogP) is 3.37. The van der Waals surface area contributed by atoms with Crippen LogP contribution in [-0.4, -0.2) is 54.5 Å². The number of hydrogen-bond donors (Lipinski definition) is 2. The first-order valence-corrected chi connectivity index (χ1v) is 12.1. The molecule has 2 N–H and O–H groups in total. The molecule has 1 fully saturated rings. The molecule has 0 aromatic heterocycles. The van der Waals surface area contributed by atoms with E-state index >= 15 is 0 Å². The maximum absolute atomic E-state index is 13.3.